The predicted octanol–water partition coefficient (Wildman–Crippen LogP) is 1.47. The van der Waals surface area contributed by atoms with E-state index in [1.54, 1.807) is 14.0 Å². The lowest BCUT2D eigenvalue weighted by molar-refractivity contribution is -0.126. The molecular formula is C14H21NO3. The van der Waals surface area contributed by atoms with Crippen LogP contribution < -0.4 is 10.1 Å². The summed E-state index contributed by atoms with van der Waals surface area (Å²) < 4.78 is 5.09. The number of methoxy groups -OCH3 is 1. The molecule has 1 aromatic rings. The van der Waals surface area contributed by atoms with E-state index in [9.17, 15) is 9.90 Å². The van der Waals surface area contributed by atoms with Crippen LogP contribution >= 0.6 is 0 Å². The number of carbonyl (C=O) groups excluding carboxylic acids is 1. The van der Waals surface area contributed by atoms with Gasteiger partial charge >= 0.3 is 0 Å². The average Bonchev–Trinajstić information content (AvgIpc) is 2.35. The topological polar surface area (TPSA) is 58.6 Å². The van der Waals surface area contributed by atoms with Gasteiger partial charge in [-0.05, 0) is 38.5 Å². The number of nitrogens with one attached hydrogen (secondary N) is 1. The molecule has 0 spiro atoms. The third-order valence-electron chi connectivity index (χ3n) is 2.94. The number of ether oxygens (including phenoxy) is 1. The van der Waals surface area contributed by atoms with Crippen molar-refractivity contribution in [3.63, 3.8) is 0 Å². The molecule has 2 N–H and O–H groups in total. The minimum Gasteiger partial charge on any atom is -0.497 e. The molecule has 0 aliphatic heterocycles. The molecule has 4 nitrogen and oxygen atoms in total. The Morgan fingerprint density at radius 1 is 1.39 bits per heavy atom. The van der Waals surface area contributed by atoms with Crippen molar-refractivity contribution >= 4 is 5.91 Å². The molecule has 0 heterocycles. The molecule has 0 aromatic heterocycles. The summed E-state index contributed by atoms with van der Waals surface area (Å²) in [5, 5.41) is 11.9. The van der Waals surface area contributed by atoms with Gasteiger partial charge in [0.2, 0.25) is 5.91 Å². The number of aliphatic hydroxyl groups is 1. The molecule has 0 aliphatic carbocycles. The first-order valence-electron chi connectivity index (χ1n) is 5.99. The van der Waals surface area contributed by atoms with Gasteiger partial charge in [0.15, 0.2) is 0 Å². The van der Waals surface area contributed by atoms with Gasteiger partial charge in [-0.3, -0.25) is 4.79 Å². The summed E-state index contributed by atoms with van der Waals surface area (Å²) in [5.41, 5.74) is 0.271. The lowest BCUT2D eigenvalue weighted by Gasteiger charge is -2.24. The number of hydrogen-bond acceptors (Lipinski definition) is 3. The van der Waals surface area contributed by atoms with Crippen LogP contribution in [0.3, 0.4) is 0 Å². The molecule has 1 rings (SSSR count). The molecule has 0 radical (unpaired) electrons. The summed E-state index contributed by atoms with van der Waals surface area (Å²) in [4.78, 5) is 12.1. The van der Waals surface area contributed by atoms with Crippen LogP contribution in [0.15, 0.2) is 24.3 Å². The first-order valence-corrected chi connectivity index (χ1v) is 5.99. The van der Waals surface area contributed by atoms with Crippen LogP contribution in [-0.2, 0) is 10.2 Å². The third kappa shape index (κ3) is 3.47. The number of aliphatic hydroxyl groups excluding tert-OH is 1. The van der Waals surface area contributed by atoms with E-state index in [0.29, 0.717) is 0 Å². The van der Waals surface area contributed by atoms with E-state index >= 15 is 0 Å². The van der Waals surface area contributed by atoms with E-state index in [4.69, 9.17) is 4.74 Å². The molecule has 0 saturated carbocycles. The van der Waals surface area contributed by atoms with Gasteiger partial charge in [0.25, 0.3) is 0 Å². The van der Waals surface area contributed by atoms with Gasteiger partial charge in [-0.2, -0.15) is 0 Å². The SMILES string of the molecule is COc1ccc(C(C)(C)C(=O)NCC(C)O)cc1. The Labute approximate surface area is 108 Å². The highest BCUT2D eigenvalue weighted by molar-refractivity contribution is 5.87. The fraction of sp³-hybridized carbons (Fsp3) is 0.500. The second-order valence-electron chi connectivity index (χ2n) is 4.91. The number of hydrogen-bond donors (Lipinski definition) is 2. The molecule has 0 bridgehead atoms. The van der Waals surface area contributed by atoms with Gasteiger partial charge < -0.3 is 15.2 Å². The molecule has 1 aromatic carbocycles. The molecule has 18 heavy (non-hydrogen) atoms. The van der Waals surface area contributed by atoms with Crippen molar-refractivity contribution < 1.29 is 14.6 Å². The maximum absolute atomic E-state index is 12.1. The largest absolute Gasteiger partial charge is 0.497 e. The van der Waals surface area contributed by atoms with Crippen molar-refractivity contribution in [1.82, 2.24) is 5.32 Å². The number of rotatable bonds is 5. The van der Waals surface area contributed by atoms with E-state index in [1.807, 2.05) is 38.1 Å². The van der Waals surface area contributed by atoms with E-state index in [2.05, 4.69) is 5.32 Å². The van der Waals surface area contributed by atoms with E-state index < -0.39 is 11.5 Å². The molecule has 0 fully saturated rings. The first kappa shape index (κ1) is 14.5. The van der Waals surface area contributed by atoms with Crippen molar-refractivity contribution in [3.05, 3.63) is 29.8 Å². The second kappa shape index (κ2) is 5.87. The minimum absolute atomic E-state index is 0.103. The molecular weight excluding hydrogens is 230 g/mol. The van der Waals surface area contributed by atoms with Crippen LogP contribution in [0, 0.1) is 0 Å². The normalized spacial score (nSPS) is 12.9. The fourth-order valence-corrected chi connectivity index (χ4v) is 1.60. The summed E-state index contributed by atoms with van der Waals surface area (Å²) in [6.07, 6.45) is -0.541. The van der Waals surface area contributed by atoms with Crippen molar-refractivity contribution in [1.29, 1.82) is 0 Å². The summed E-state index contributed by atoms with van der Waals surface area (Å²) >= 11 is 0. The van der Waals surface area contributed by atoms with Crippen LogP contribution in [0.1, 0.15) is 26.3 Å². The quantitative estimate of drug-likeness (QED) is 0.833. The van der Waals surface area contributed by atoms with Crippen LogP contribution in [0.2, 0.25) is 0 Å². The highest BCUT2D eigenvalue weighted by Gasteiger charge is 2.29. The zero-order chi connectivity index (χ0) is 13.8. The standard InChI is InChI=1S/C14H21NO3/c1-10(16)9-15-13(17)14(2,3)11-5-7-12(18-4)8-6-11/h5-8,10,16H,9H2,1-4H3,(H,15,17). The molecule has 1 amide bonds. The maximum atomic E-state index is 12.1. The molecule has 0 aliphatic rings. The van der Waals surface area contributed by atoms with Crippen molar-refractivity contribution in [3.8, 4) is 5.75 Å². The Hall–Kier alpha value is -1.55. The van der Waals surface area contributed by atoms with Gasteiger partial charge in [-0.1, -0.05) is 12.1 Å². The van der Waals surface area contributed by atoms with Crippen LogP contribution in [0.25, 0.3) is 0 Å². The van der Waals surface area contributed by atoms with E-state index in [1.165, 1.54) is 0 Å². The summed E-state index contributed by atoms with van der Waals surface area (Å²) in [7, 11) is 1.61. The zero-order valence-corrected chi connectivity index (χ0v) is 11.4. The summed E-state index contributed by atoms with van der Waals surface area (Å²) in [5.74, 6) is 0.660. The van der Waals surface area contributed by atoms with Crippen molar-refractivity contribution in [2.24, 2.45) is 0 Å². The van der Waals surface area contributed by atoms with Gasteiger partial charge in [0, 0.05) is 6.54 Å². The smallest absolute Gasteiger partial charge is 0.230 e. The van der Waals surface area contributed by atoms with Gasteiger partial charge in [-0.25, -0.2) is 0 Å². The lowest BCUT2D eigenvalue weighted by atomic mass is 9.83. The summed E-state index contributed by atoms with van der Waals surface area (Å²) in [6, 6.07) is 7.42. The first-order chi connectivity index (χ1) is 8.37. The average molecular weight is 251 g/mol. The highest BCUT2D eigenvalue weighted by atomic mass is 16.5. The predicted molar refractivity (Wildman–Crippen MR) is 70.7 cm³/mol. The van der Waals surface area contributed by atoms with Crippen LogP contribution in [0.5, 0.6) is 5.75 Å². The zero-order valence-electron chi connectivity index (χ0n) is 11.4. The number of amides is 1. The minimum atomic E-state index is -0.638. The van der Waals surface area contributed by atoms with E-state index in [0.717, 1.165) is 11.3 Å². The van der Waals surface area contributed by atoms with Crippen LogP contribution in [0.4, 0.5) is 0 Å². The fourth-order valence-electron chi connectivity index (χ4n) is 1.60. The third-order valence-corrected chi connectivity index (χ3v) is 2.94. The molecule has 1 unspecified atom stereocenters. The Morgan fingerprint density at radius 3 is 2.39 bits per heavy atom. The molecule has 0 saturated heterocycles. The molecule has 100 valence electrons. The maximum Gasteiger partial charge on any atom is 0.230 e. The lowest BCUT2D eigenvalue weighted by Crippen LogP contribution is -2.42. The highest BCUT2D eigenvalue weighted by Crippen LogP contribution is 2.25. The molecule has 4 heteroatoms. The number of carbonyl (C=O) groups is 1. The monoisotopic (exact) mass is 251 g/mol. The summed E-state index contributed by atoms with van der Waals surface area (Å²) in [6.45, 7) is 5.61. The Balaban J connectivity index is 2.80. The van der Waals surface area contributed by atoms with Crippen LogP contribution in [-0.4, -0.2) is 30.8 Å². The van der Waals surface area contributed by atoms with E-state index in [-0.39, 0.29) is 12.5 Å². The Morgan fingerprint density at radius 2 is 1.94 bits per heavy atom. The van der Waals surface area contributed by atoms with Gasteiger partial charge in [-0.15, -0.1) is 0 Å². The second-order valence-corrected chi connectivity index (χ2v) is 4.91. The number of benzene rings is 1. The van der Waals surface area contributed by atoms with Crippen molar-refractivity contribution in [2.75, 3.05) is 13.7 Å². The Bertz CT molecular complexity index is 396. The van der Waals surface area contributed by atoms with Gasteiger partial charge in [0.05, 0.1) is 18.6 Å². The van der Waals surface area contributed by atoms with Crippen molar-refractivity contribution in [2.45, 2.75) is 32.3 Å². The van der Waals surface area contributed by atoms with Gasteiger partial charge in [0.1, 0.15) is 5.75 Å². The Kier molecular flexibility index (Phi) is 4.73. The molecule has 1 atom stereocenters.